The van der Waals surface area contributed by atoms with Gasteiger partial charge in [0.2, 0.25) is 0 Å². The zero-order valence-corrected chi connectivity index (χ0v) is 12.3. The molecule has 1 aliphatic carbocycles. The van der Waals surface area contributed by atoms with E-state index in [0.717, 1.165) is 17.9 Å². The van der Waals surface area contributed by atoms with E-state index in [1.54, 1.807) is 0 Å². The molecule has 0 aromatic heterocycles. The molecule has 2 rings (SSSR count). The summed E-state index contributed by atoms with van der Waals surface area (Å²) in [5.41, 5.74) is 0.702. The summed E-state index contributed by atoms with van der Waals surface area (Å²) in [7, 11) is 0. The number of rotatable bonds is 2. The molecule has 1 heterocycles. The fourth-order valence-electron chi connectivity index (χ4n) is 4.01. The smallest absolute Gasteiger partial charge is 0.00407 e. The SMILES string of the molecule is CC(C)C1CCC2(CCCN(C(C)C)C2)CC1. The summed E-state index contributed by atoms with van der Waals surface area (Å²) < 4.78 is 0. The first-order chi connectivity index (χ1) is 8.02. The summed E-state index contributed by atoms with van der Waals surface area (Å²) in [6, 6.07) is 0.745. The normalized spacial score (nSPS) is 36.0. The highest BCUT2D eigenvalue weighted by molar-refractivity contribution is 4.92. The molecule has 100 valence electrons. The average molecular weight is 237 g/mol. The van der Waals surface area contributed by atoms with Gasteiger partial charge in [-0.3, -0.25) is 0 Å². The van der Waals surface area contributed by atoms with Crippen molar-refractivity contribution < 1.29 is 0 Å². The minimum absolute atomic E-state index is 0.702. The summed E-state index contributed by atoms with van der Waals surface area (Å²) in [4.78, 5) is 2.72. The second kappa shape index (κ2) is 5.30. The third kappa shape index (κ3) is 3.05. The summed E-state index contributed by atoms with van der Waals surface area (Å²) in [6.07, 6.45) is 8.91. The molecule has 17 heavy (non-hydrogen) atoms. The second-order valence-corrected chi connectivity index (χ2v) is 7.25. The zero-order chi connectivity index (χ0) is 12.5. The molecule has 0 unspecified atom stereocenters. The number of hydrogen-bond acceptors (Lipinski definition) is 1. The molecule has 1 nitrogen and oxygen atoms in total. The van der Waals surface area contributed by atoms with Crippen molar-refractivity contribution in [1.29, 1.82) is 0 Å². The molecule has 2 aliphatic rings. The Bertz CT molecular complexity index is 236. The number of hydrogen-bond donors (Lipinski definition) is 0. The number of piperidine rings is 1. The van der Waals surface area contributed by atoms with Gasteiger partial charge in [-0.2, -0.15) is 0 Å². The van der Waals surface area contributed by atoms with Gasteiger partial charge in [0.05, 0.1) is 0 Å². The maximum absolute atomic E-state index is 2.72. The standard InChI is InChI=1S/C16H31N/c1-13(2)15-6-9-16(10-7-15)8-5-11-17(12-16)14(3)4/h13-15H,5-12H2,1-4H3. The molecule has 0 bridgehead atoms. The van der Waals surface area contributed by atoms with Crippen molar-refractivity contribution >= 4 is 0 Å². The second-order valence-electron chi connectivity index (χ2n) is 7.25. The molecule has 1 saturated carbocycles. The molecule has 1 saturated heterocycles. The average Bonchev–Trinajstić information content (AvgIpc) is 2.29. The molecule has 1 spiro atoms. The third-order valence-electron chi connectivity index (χ3n) is 5.45. The molecule has 1 heteroatoms. The first-order valence-corrected chi connectivity index (χ1v) is 7.76. The van der Waals surface area contributed by atoms with Crippen LogP contribution in [0.3, 0.4) is 0 Å². The molecular formula is C16H31N. The van der Waals surface area contributed by atoms with Crippen molar-refractivity contribution in [2.24, 2.45) is 17.3 Å². The van der Waals surface area contributed by atoms with Crippen molar-refractivity contribution in [2.45, 2.75) is 72.3 Å². The van der Waals surface area contributed by atoms with Gasteiger partial charge < -0.3 is 4.90 Å². The fourth-order valence-corrected chi connectivity index (χ4v) is 4.01. The maximum Gasteiger partial charge on any atom is 0.00407 e. The Morgan fingerprint density at radius 3 is 2.18 bits per heavy atom. The zero-order valence-electron chi connectivity index (χ0n) is 12.3. The summed E-state index contributed by atoms with van der Waals surface area (Å²) in [5, 5.41) is 0. The first-order valence-electron chi connectivity index (χ1n) is 7.76. The van der Waals surface area contributed by atoms with Crippen LogP contribution < -0.4 is 0 Å². The summed E-state index contributed by atoms with van der Waals surface area (Å²) >= 11 is 0. The van der Waals surface area contributed by atoms with E-state index < -0.39 is 0 Å². The molecule has 0 N–H and O–H groups in total. The predicted molar refractivity (Wildman–Crippen MR) is 75.2 cm³/mol. The fraction of sp³-hybridized carbons (Fsp3) is 1.00. The van der Waals surface area contributed by atoms with Gasteiger partial charge in [0.1, 0.15) is 0 Å². The van der Waals surface area contributed by atoms with Gasteiger partial charge in [-0.1, -0.05) is 13.8 Å². The van der Waals surface area contributed by atoms with Gasteiger partial charge >= 0.3 is 0 Å². The third-order valence-corrected chi connectivity index (χ3v) is 5.45. The van der Waals surface area contributed by atoms with Crippen LogP contribution in [0.25, 0.3) is 0 Å². The van der Waals surface area contributed by atoms with Crippen LogP contribution in [0.5, 0.6) is 0 Å². The van der Waals surface area contributed by atoms with Crippen LogP contribution in [-0.2, 0) is 0 Å². The van der Waals surface area contributed by atoms with Crippen molar-refractivity contribution in [3.05, 3.63) is 0 Å². The Morgan fingerprint density at radius 2 is 1.65 bits per heavy atom. The molecule has 0 radical (unpaired) electrons. The molecule has 0 atom stereocenters. The van der Waals surface area contributed by atoms with Crippen LogP contribution >= 0.6 is 0 Å². The maximum atomic E-state index is 2.72. The highest BCUT2D eigenvalue weighted by Crippen LogP contribution is 2.46. The molecule has 2 fully saturated rings. The minimum atomic E-state index is 0.702. The highest BCUT2D eigenvalue weighted by Gasteiger charge is 2.39. The van der Waals surface area contributed by atoms with E-state index in [1.807, 2.05) is 0 Å². The van der Waals surface area contributed by atoms with E-state index in [2.05, 4.69) is 32.6 Å². The van der Waals surface area contributed by atoms with Gasteiger partial charge in [-0.15, -0.1) is 0 Å². The van der Waals surface area contributed by atoms with Gasteiger partial charge in [-0.25, -0.2) is 0 Å². The molecule has 0 aromatic carbocycles. The van der Waals surface area contributed by atoms with Crippen LogP contribution in [0, 0.1) is 17.3 Å². The van der Waals surface area contributed by atoms with Crippen molar-refractivity contribution in [3.8, 4) is 0 Å². The Balaban J connectivity index is 1.93. The quantitative estimate of drug-likeness (QED) is 0.691. The lowest BCUT2D eigenvalue weighted by molar-refractivity contribution is 0.0185. The van der Waals surface area contributed by atoms with E-state index in [0.29, 0.717) is 5.41 Å². The van der Waals surface area contributed by atoms with E-state index in [9.17, 15) is 0 Å². The summed E-state index contributed by atoms with van der Waals surface area (Å²) in [5.74, 6) is 1.91. The highest BCUT2D eigenvalue weighted by atomic mass is 15.2. The van der Waals surface area contributed by atoms with Crippen LogP contribution in [0.1, 0.15) is 66.2 Å². The predicted octanol–water partition coefficient (Wildman–Crippen LogP) is 4.32. The van der Waals surface area contributed by atoms with Crippen molar-refractivity contribution in [2.75, 3.05) is 13.1 Å². The van der Waals surface area contributed by atoms with Gasteiger partial charge in [-0.05, 0) is 76.2 Å². The van der Waals surface area contributed by atoms with Crippen molar-refractivity contribution in [3.63, 3.8) is 0 Å². The van der Waals surface area contributed by atoms with Gasteiger partial charge in [0, 0.05) is 12.6 Å². The lowest BCUT2D eigenvalue weighted by Gasteiger charge is -2.48. The number of likely N-dealkylation sites (tertiary alicyclic amines) is 1. The Kier molecular flexibility index (Phi) is 4.18. The molecular weight excluding hydrogens is 206 g/mol. The largest absolute Gasteiger partial charge is 0.300 e. The lowest BCUT2D eigenvalue weighted by Crippen LogP contribution is -2.47. The molecule has 1 aliphatic heterocycles. The van der Waals surface area contributed by atoms with Crippen LogP contribution in [0.15, 0.2) is 0 Å². The summed E-state index contributed by atoms with van der Waals surface area (Å²) in [6.45, 7) is 12.3. The Morgan fingerprint density at radius 1 is 1.00 bits per heavy atom. The van der Waals surface area contributed by atoms with E-state index in [4.69, 9.17) is 0 Å². The van der Waals surface area contributed by atoms with Gasteiger partial charge in [0.25, 0.3) is 0 Å². The van der Waals surface area contributed by atoms with Gasteiger partial charge in [0.15, 0.2) is 0 Å². The first kappa shape index (κ1) is 13.4. The van der Waals surface area contributed by atoms with E-state index in [1.165, 1.54) is 51.6 Å². The number of nitrogens with zero attached hydrogens (tertiary/aromatic N) is 1. The van der Waals surface area contributed by atoms with Crippen molar-refractivity contribution in [1.82, 2.24) is 4.90 Å². The van der Waals surface area contributed by atoms with Crippen LogP contribution in [0.4, 0.5) is 0 Å². The lowest BCUT2D eigenvalue weighted by atomic mass is 9.64. The Hall–Kier alpha value is -0.0400. The molecule has 0 amide bonds. The van der Waals surface area contributed by atoms with E-state index >= 15 is 0 Å². The Labute approximate surface area is 108 Å². The van der Waals surface area contributed by atoms with Crippen LogP contribution in [-0.4, -0.2) is 24.0 Å². The molecule has 0 aromatic rings. The van der Waals surface area contributed by atoms with Crippen LogP contribution in [0.2, 0.25) is 0 Å². The topological polar surface area (TPSA) is 3.24 Å². The monoisotopic (exact) mass is 237 g/mol. The minimum Gasteiger partial charge on any atom is -0.300 e. The van der Waals surface area contributed by atoms with E-state index in [-0.39, 0.29) is 0 Å².